The summed E-state index contributed by atoms with van der Waals surface area (Å²) in [7, 11) is 0. The summed E-state index contributed by atoms with van der Waals surface area (Å²) in [6, 6.07) is 7.62. The van der Waals surface area contributed by atoms with Crippen LogP contribution in [0, 0.1) is 0 Å². The average Bonchev–Trinajstić information content (AvgIpc) is 2.43. The van der Waals surface area contributed by atoms with E-state index in [1.807, 2.05) is 0 Å². The fraction of sp³-hybridized carbons (Fsp3) is 0.286. The van der Waals surface area contributed by atoms with Crippen molar-refractivity contribution in [3.63, 3.8) is 0 Å². The lowest BCUT2D eigenvalue weighted by Crippen LogP contribution is -2.56. The normalized spacial score (nSPS) is 15.4. The molecular weight excluding hydrogens is 276 g/mol. The summed E-state index contributed by atoms with van der Waals surface area (Å²) in [5.41, 5.74) is 0.400. The van der Waals surface area contributed by atoms with E-state index >= 15 is 0 Å². The van der Waals surface area contributed by atoms with Gasteiger partial charge in [-0.15, -0.1) is 0 Å². The number of nitrogens with zero attached hydrogens (tertiary/aromatic N) is 2. The van der Waals surface area contributed by atoms with E-state index in [2.05, 4.69) is 0 Å². The molecule has 4 amide bonds. The number of urea groups is 1. The number of barbiturate groups is 1. The fourth-order valence-corrected chi connectivity index (χ4v) is 1.97. The molecule has 0 bridgehead atoms. The lowest BCUT2D eigenvalue weighted by atomic mass is 10.2. The van der Waals surface area contributed by atoms with Crippen LogP contribution in [0.5, 0.6) is 0 Å². The molecule has 1 aromatic rings. The zero-order valence-corrected chi connectivity index (χ0v) is 11.4. The van der Waals surface area contributed by atoms with Crippen molar-refractivity contribution in [2.24, 2.45) is 0 Å². The number of rotatable bonds is 4. The molecule has 110 valence electrons. The number of para-hydroxylation sites is 1. The van der Waals surface area contributed by atoms with Gasteiger partial charge in [0.25, 0.3) is 0 Å². The van der Waals surface area contributed by atoms with Crippen LogP contribution >= 0.6 is 0 Å². The van der Waals surface area contributed by atoms with Crippen molar-refractivity contribution in [1.82, 2.24) is 4.90 Å². The highest BCUT2D eigenvalue weighted by Gasteiger charge is 2.38. The van der Waals surface area contributed by atoms with Crippen LogP contribution in [-0.4, -0.2) is 41.9 Å². The van der Waals surface area contributed by atoms with Gasteiger partial charge in [-0.1, -0.05) is 18.2 Å². The standard InChI is InChI=1S/C14H14N2O5/c1-10(17)21-8-7-15-12(18)9-13(19)16(14(15)20)11-5-3-2-4-6-11/h2-6H,7-9H2,1H3. The fourth-order valence-electron chi connectivity index (χ4n) is 1.97. The number of benzene rings is 1. The van der Waals surface area contributed by atoms with Crippen molar-refractivity contribution >= 4 is 29.5 Å². The smallest absolute Gasteiger partial charge is 0.338 e. The molecule has 2 rings (SSSR count). The molecule has 1 aliphatic rings. The second kappa shape index (κ2) is 6.17. The van der Waals surface area contributed by atoms with E-state index < -0.39 is 23.8 Å². The minimum Gasteiger partial charge on any atom is -0.464 e. The molecule has 1 aromatic carbocycles. The molecule has 0 aromatic heterocycles. The minimum atomic E-state index is -0.727. The predicted octanol–water partition coefficient (Wildman–Crippen LogP) is 0.935. The number of hydrogen-bond acceptors (Lipinski definition) is 5. The summed E-state index contributed by atoms with van der Waals surface area (Å²) in [5, 5.41) is 0. The van der Waals surface area contributed by atoms with Crippen molar-refractivity contribution in [2.45, 2.75) is 13.3 Å². The first-order valence-corrected chi connectivity index (χ1v) is 6.36. The summed E-state index contributed by atoms with van der Waals surface area (Å²) < 4.78 is 4.72. The summed E-state index contributed by atoms with van der Waals surface area (Å²) in [6.07, 6.45) is -0.388. The lowest BCUT2D eigenvalue weighted by molar-refractivity contribution is -0.143. The van der Waals surface area contributed by atoms with Crippen LogP contribution in [-0.2, 0) is 19.1 Å². The zero-order chi connectivity index (χ0) is 15.4. The van der Waals surface area contributed by atoms with Gasteiger partial charge in [0.2, 0.25) is 11.8 Å². The molecule has 0 N–H and O–H groups in total. The molecule has 0 atom stereocenters. The lowest BCUT2D eigenvalue weighted by Gasteiger charge is -2.32. The second-order valence-electron chi connectivity index (χ2n) is 4.41. The number of amides is 4. The number of esters is 1. The van der Waals surface area contributed by atoms with Crippen LogP contribution in [0.15, 0.2) is 30.3 Å². The summed E-state index contributed by atoms with van der Waals surface area (Å²) in [5.74, 6) is -1.66. The molecule has 1 aliphatic heterocycles. The van der Waals surface area contributed by atoms with Gasteiger partial charge in [0.1, 0.15) is 13.0 Å². The Balaban J connectivity index is 2.16. The van der Waals surface area contributed by atoms with Crippen LogP contribution in [0.4, 0.5) is 10.5 Å². The quantitative estimate of drug-likeness (QED) is 0.608. The third kappa shape index (κ3) is 3.25. The van der Waals surface area contributed by atoms with Gasteiger partial charge in [-0.25, -0.2) is 9.69 Å². The molecule has 1 saturated heterocycles. The summed E-state index contributed by atoms with van der Waals surface area (Å²) >= 11 is 0. The molecule has 0 saturated carbocycles. The van der Waals surface area contributed by atoms with E-state index in [1.165, 1.54) is 6.92 Å². The highest BCUT2D eigenvalue weighted by atomic mass is 16.5. The summed E-state index contributed by atoms with van der Waals surface area (Å²) in [4.78, 5) is 48.6. The van der Waals surface area contributed by atoms with Crippen molar-refractivity contribution in [3.8, 4) is 0 Å². The Morgan fingerprint density at radius 3 is 2.43 bits per heavy atom. The van der Waals surface area contributed by atoms with E-state index in [1.54, 1.807) is 30.3 Å². The maximum atomic E-state index is 12.3. The first-order valence-electron chi connectivity index (χ1n) is 6.36. The van der Waals surface area contributed by atoms with Crippen molar-refractivity contribution in [1.29, 1.82) is 0 Å². The molecule has 21 heavy (non-hydrogen) atoms. The topological polar surface area (TPSA) is 84.0 Å². The molecule has 1 heterocycles. The SMILES string of the molecule is CC(=O)OCCN1C(=O)CC(=O)N(c2ccccc2)C1=O. The Bertz CT molecular complexity index is 584. The monoisotopic (exact) mass is 290 g/mol. The van der Waals surface area contributed by atoms with E-state index in [-0.39, 0.29) is 19.6 Å². The van der Waals surface area contributed by atoms with Gasteiger partial charge in [-0.05, 0) is 12.1 Å². The van der Waals surface area contributed by atoms with Crippen molar-refractivity contribution in [2.75, 3.05) is 18.1 Å². The number of ether oxygens (including phenoxy) is 1. The molecule has 0 spiro atoms. The van der Waals surface area contributed by atoms with Gasteiger partial charge in [0.05, 0.1) is 12.2 Å². The molecular formula is C14H14N2O5. The van der Waals surface area contributed by atoms with Crippen LogP contribution in [0.25, 0.3) is 0 Å². The van der Waals surface area contributed by atoms with Crippen LogP contribution in [0.1, 0.15) is 13.3 Å². The maximum absolute atomic E-state index is 12.3. The highest BCUT2D eigenvalue weighted by Crippen LogP contribution is 2.21. The predicted molar refractivity (Wildman–Crippen MR) is 72.3 cm³/mol. The van der Waals surface area contributed by atoms with Crippen molar-refractivity contribution in [3.05, 3.63) is 30.3 Å². The Hall–Kier alpha value is -2.70. The number of anilines is 1. The van der Waals surface area contributed by atoms with Crippen LogP contribution < -0.4 is 4.90 Å². The number of imide groups is 2. The van der Waals surface area contributed by atoms with Gasteiger partial charge < -0.3 is 4.74 Å². The van der Waals surface area contributed by atoms with Gasteiger partial charge in [0.15, 0.2) is 0 Å². The second-order valence-corrected chi connectivity index (χ2v) is 4.41. The third-order valence-electron chi connectivity index (χ3n) is 2.91. The van der Waals surface area contributed by atoms with Gasteiger partial charge in [-0.2, -0.15) is 0 Å². The van der Waals surface area contributed by atoms with E-state index in [0.717, 1.165) is 9.80 Å². The Morgan fingerprint density at radius 1 is 1.14 bits per heavy atom. The molecule has 7 nitrogen and oxygen atoms in total. The maximum Gasteiger partial charge on any atom is 0.338 e. The number of hydrogen-bond donors (Lipinski definition) is 0. The van der Waals surface area contributed by atoms with E-state index in [4.69, 9.17) is 4.74 Å². The molecule has 0 aliphatic carbocycles. The van der Waals surface area contributed by atoms with E-state index in [9.17, 15) is 19.2 Å². The van der Waals surface area contributed by atoms with Crippen molar-refractivity contribution < 1.29 is 23.9 Å². The molecule has 0 radical (unpaired) electrons. The van der Waals surface area contributed by atoms with Gasteiger partial charge in [-0.3, -0.25) is 19.3 Å². The van der Waals surface area contributed by atoms with Gasteiger partial charge in [0, 0.05) is 6.92 Å². The molecule has 0 unspecified atom stereocenters. The minimum absolute atomic E-state index is 0.0755. The molecule has 7 heteroatoms. The Labute approximate surface area is 121 Å². The Kier molecular flexibility index (Phi) is 4.32. The largest absolute Gasteiger partial charge is 0.464 e. The highest BCUT2D eigenvalue weighted by molar-refractivity contribution is 6.26. The van der Waals surface area contributed by atoms with Crippen LogP contribution in [0.2, 0.25) is 0 Å². The number of carbonyl (C=O) groups is 4. The first-order chi connectivity index (χ1) is 10.0. The first kappa shape index (κ1) is 14.7. The van der Waals surface area contributed by atoms with Crippen LogP contribution in [0.3, 0.4) is 0 Å². The number of carbonyl (C=O) groups excluding carboxylic acids is 4. The Morgan fingerprint density at radius 2 is 1.81 bits per heavy atom. The third-order valence-corrected chi connectivity index (χ3v) is 2.91. The zero-order valence-electron chi connectivity index (χ0n) is 11.4. The van der Waals surface area contributed by atoms with E-state index in [0.29, 0.717) is 5.69 Å². The molecule has 1 fully saturated rings. The average molecular weight is 290 g/mol. The summed E-state index contributed by atoms with van der Waals surface area (Å²) in [6.45, 7) is 1.07. The van der Waals surface area contributed by atoms with Gasteiger partial charge >= 0.3 is 12.0 Å².